The van der Waals surface area contributed by atoms with Gasteiger partial charge in [-0.25, -0.2) is 12.8 Å². The third kappa shape index (κ3) is 2.96. The Kier molecular flexibility index (Phi) is 4.23. The first-order chi connectivity index (χ1) is 10.0. The predicted octanol–water partition coefficient (Wildman–Crippen LogP) is 4.64. The Bertz CT molecular complexity index is 829. The van der Waals surface area contributed by atoms with Gasteiger partial charge < -0.3 is 0 Å². The SMILES string of the molecule is Cc1ccc(Cl)cc1S(=O)(=O)c1cccc(F)c1C(F)(F)F. The topological polar surface area (TPSA) is 34.1 Å². The third-order valence-electron chi connectivity index (χ3n) is 2.99. The average molecular weight is 353 g/mol. The van der Waals surface area contributed by atoms with Crippen LogP contribution in [0.4, 0.5) is 17.6 Å². The Labute approximate surface area is 129 Å². The number of benzene rings is 2. The molecular weight excluding hydrogens is 344 g/mol. The van der Waals surface area contributed by atoms with E-state index in [-0.39, 0.29) is 10.6 Å². The molecule has 0 fully saturated rings. The van der Waals surface area contributed by atoms with Gasteiger partial charge in [0.2, 0.25) is 9.84 Å². The van der Waals surface area contributed by atoms with Crippen molar-refractivity contribution in [1.82, 2.24) is 0 Å². The number of sulfone groups is 1. The highest BCUT2D eigenvalue weighted by atomic mass is 35.5. The van der Waals surface area contributed by atoms with Crippen molar-refractivity contribution in [3.63, 3.8) is 0 Å². The molecule has 0 aromatic heterocycles. The van der Waals surface area contributed by atoms with Gasteiger partial charge in [-0.2, -0.15) is 13.2 Å². The van der Waals surface area contributed by atoms with Crippen LogP contribution in [0.3, 0.4) is 0 Å². The summed E-state index contributed by atoms with van der Waals surface area (Å²) >= 11 is 5.71. The summed E-state index contributed by atoms with van der Waals surface area (Å²) in [4.78, 5) is -1.53. The van der Waals surface area contributed by atoms with Crippen molar-refractivity contribution < 1.29 is 26.0 Å². The normalized spacial score (nSPS) is 12.5. The molecule has 2 nitrogen and oxygen atoms in total. The van der Waals surface area contributed by atoms with Gasteiger partial charge in [-0.1, -0.05) is 23.7 Å². The van der Waals surface area contributed by atoms with Gasteiger partial charge in [0.25, 0.3) is 0 Å². The first-order valence-corrected chi connectivity index (χ1v) is 7.78. The minimum atomic E-state index is -5.14. The summed E-state index contributed by atoms with van der Waals surface area (Å²) in [5.74, 6) is -1.65. The summed E-state index contributed by atoms with van der Waals surface area (Å²) in [6.07, 6.45) is -5.14. The van der Waals surface area contributed by atoms with E-state index in [4.69, 9.17) is 11.6 Å². The second-order valence-corrected chi connectivity index (χ2v) is 6.85. The van der Waals surface area contributed by atoms with E-state index in [1.165, 1.54) is 19.1 Å². The van der Waals surface area contributed by atoms with E-state index in [1.54, 1.807) is 0 Å². The largest absolute Gasteiger partial charge is 0.420 e. The molecule has 0 spiro atoms. The summed E-state index contributed by atoms with van der Waals surface area (Å²) in [5.41, 5.74) is -1.60. The van der Waals surface area contributed by atoms with Crippen molar-refractivity contribution in [3.8, 4) is 0 Å². The molecule has 0 heterocycles. The fourth-order valence-corrected chi connectivity index (χ4v) is 3.97. The van der Waals surface area contributed by atoms with Crippen LogP contribution in [0, 0.1) is 12.7 Å². The maximum Gasteiger partial charge on any atom is 0.420 e. The van der Waals surface area contributed by atoms with Crippen LogP contribution in [0.25, 0.3) is 0 Å². The highest BCUT2D eigenvalue weighted by Crippen LogP contribution is 2.38. The molecule has 0 amide bonds. The molecule has 0 unspecified atom stereocenters. The molecule has 0 aliphatic rings. The van der Waals surface area contributed by atoms with Crippen molar-refractivity contribution in [1.29, 1.82) is 0 Å². The first kappa shape index (κ1) is 16.8. The maximum absolute atomic E-state index is 13.6. The van der Waals surface area contributed by atoms with Gasteiger partial charge in [0.15, 0.2) is 0 Å². The lowest BCUT2D eigenvalue weighted by Crippen LogP contribution is -2.16. The number of rotatable bonds is 2. The third-order valence-corrected chi connectivity index (χ3v) is 5.16. The predicted molar refractivity (Wildman–Crippen MR) is 73.0 cm³/mol. The summed E-state index contributed by atoms with van der Waals surface area (Å²) < 4.78 is 77.6. The zero-order valence-electron chi connectivity index (χ0n) is 11.1. The number of hydrogen-bond acceptors (Lipinski definition) is 2. The lowest BCUT2D eigenvalue weighted by atomic mass is 10.2. The van der Waals surface area contributed by atoms with Crippen LogP contribution in [-0.4, -0.2) is 8.42 Å². The van der Waals surface area contributed by atoms with Crippen molar-refractivity contribution in [2.75, 3.05) is 0 Å². The number of alkyl halides is 3. The molecule has 2 aromatic carbocycles. The molecule has 8 heteroatoms. The van der Waals surface area contributed by atoms with E-state index in [0.717, 1.165) is 18.2 Å². The summed E-state index contributed by atoms with van der Waals surface area (Å²) in [6, 6.07) is 6.01. The van der Waals surface area contributed by atoms with Gasteiger partial charge in [0.05, 0.1) is 9.79 Å². The van der Waals surface area contributed by atoms with Crippen LogP contribution < -0.4 is 0 Å². The molecule has 0 radical (unpaired) electrons. The van der Waals surface area contributed by atoms with E-state index in [9.17, 15) is 26.0 Å². The fraction of sp³-hybridized carbons (Fsp3) is 0.143. The van der Waals surface area contributed by atoms with Crippen molar-refractivity contribution in [3.05, 3.63) is 58.4 Å². The summed E-state index contributed by atoms with van der Waals surface area (Å²) in [5, 5.41) is 0.0501. The van der Waals surface area contributed by atoms with E-state index in [2.05, 4.69) is 0 Å². The molecule has 0 atom stereocenters. The lowest BCUT2D eigenvalue weighted by molar-refractivity contribution is -0.142. The molecule has 0 saturated heterocycles. The minimum Gasteiger partial charge on any atom is -0.218 e. The second kappa shape index (κ2) is 5.55. The number of halogens is 5. The van der Waals surface area contributed by atoms with E-state index >= 15 is 0 Å². The standard InChI is InChI=1S/C14H9ClF4O2S/c1-8-5-6-9(15)7-12(8)22(20,21)11-4-2-3-10(16)13(11)14(17,18)19/h2-7H,1H3. The molecule has 0 saturated carbocycles. The second-order valence-electron chi connectivity index (χ2n) is 4.52. The Morgan fingerprint density at radius 3 is 2.27 bits per heavy atom. The van der Waals surface area contributed by atoms with Crippen LogP contribution in [0.2, 0.25) is 5.02 Å². The van der Waals surface area contributed by atoms with Crippen LogP contribution in [0.1, 0.15) is 11.1 Å². The molecule has 0 bridgehead atoms. The summed E-state index contributed by atoms with van der Waals surface area (Å²) in [7, 11) is -4.57. The van der Waals surface area contributed by atoms with Crippen molar-refractivity contribution >= 4 is 21.4 Å². The maximum atomic E-state index is 13.6. The highest BCUT2D eigenvalue weighted by Gasteiger charge is 2.40. The molecule has 22 heavy (non-hydrogen) atoms. The first-order valence-electron chi connectivity index (χ1n) is 5.92. The zero-order chi connectivity index (χ0) is 16.7. The number of aryl methyl sites for hydroxylation is 1. The fourth-order valence-electron chi connectivity index (χ4n) is 1.99. The lowest BCUT2D eigenvalue weighted by Gasteiger charge is -2.15. The Morgan fingerprint density at radius 1 is 1.05 bits per heavy atom. The van der Waals surface area contributed by atoms with Crippen LogP contribution in [-0.2, 0) is 16.0 Å². The Morgan fingerprint density at radius 2 is 1.68 bits per heavy atom. The van der Waals surface area contributed by atoms with Crippen molar-refractivity contribution in [2.24, 2.45) is 0 Å². The average Bonchev–Trinajstić information content (AvgIpc) is 2.39. The van der Waals surface area contributed by atoms with Gasteiger partial charge in [-0.05, 0) is 36.8 Å². The van der Waals surface area contributed by atoms with E-state index in [0.29, 0.717) is 6.07 Å². The van der Waals surface area contributed by atoms with Gasteiger partial charge in [-0.3, -0.25) is 0 Å². The molecular formula is C14H9ClF4O2S. The zero-order valence-corrected chi connectivity index (χ0v) is 12.7. The van der Waals surface area contributed by atoms with Gasteiger partial charge in [0, 0.05) is 5.02 Å². The van der Waals surface area contributed by atoms with E-state index < -0.39 is 37.2 Å². The Balaban J connectivity index is 2.81. The molecule has 2 rings (SSSR count). The highest BCUT2D eigenvalue weighted by molar-refractivity contribution is 7.91. The molecule has 118 valence electrons. The molecule has 2 aromatic rings. The summed E-state index contributed by atoms with van der Waals surface area (Å²) in [6.45, 7) is 1.41. The van der Waals surface area contributed by atoms with Crippen molar-refractivity contribution in [2.45, 2.75) is 22.9 Å². The van der Waals surface area contributed by atoms with Crippen LogP contribution in [0.5, 0.6) is 0 Å². The van der Waals surface area contributed by atoms with E-state index in [1.807, 2.05) is 0 Å². The monoisotopic (exact) mass is 352 g/mol. The number of hydrogen-bond donors (Lipinski definition) is 0. The van der Waals surface area contributed by atoms with Gasteiger partial charge >= 0.3 is 6.18 Å². The van der Waals surface area contributed by atoms with Gasteiger partial charge in [0.1, 0.15) is 11.4 Å². The molecule has 0 N–H and O–H groups in total. The van der Waals surface area contributed by atoms with Gasteiger partial charge in [-0.15, -0.1) is 0 Å². The minimum absolute atomic E-state index is 0.0501. The van der Waals surface area contributed by atoms with Crippen LogP contribution in [0.15, 0.2) is 46.2 Å². The quantitative estimate of drug-likeness (QED) is 0.738. The smallest absolute Gasteiger partial charge is 0.218 e. The van der Waals surface area contributed by atoms with Crippen LogP contribution >= 0.6 is 11.6 Å². The molecule has 0 aliphatic heterocycles. The Hall–Kier alpha value is -1.60. The molecule has 0 aliphatic carbocycles.